The molecule has 1 rings (SSSR count). The Labute approximate surface area is 116 Å². The van der Waals surface area contributed by atoms with E-state index < -0.39 is 0 Å². The average molecular weight is 325 g/mol. The van der Waals surface area contributed by atoms with E-state index >= 15 is 0 Å². The van der Waals surface area contributed by atoms with Crippen LogP contribution in [0.25, 0.3) is 0 Å². The summed E-state index contributed by atoms with van der Waals surface area (Å²) in [5.74, 6) is 0.459. The molecule has 0 aromatic heterocycles. The van der Waals surface area contributed by atoms with Crippen LogP contribution in [0.2, 0.25) is 0 Å². The van der Waals surface area contributed by atoms with Crippen LogP contribution in [-0.4, -0.2) is 49.3 Å². The third-order valence-corrected chi connectivity index (χ3v) is 2.91. The molecular formula is C10H17BrN2O3S. The van der Waals surface area contributed by atoms with E-state index in [4.69, 9.17) is 14.9 Å². The van der Waals surface area contributed by atoms with E-state index in [0.717, 1.165) is 18.1 Å². The Kier molecular flexibility index (Phi) is 8.28. The summed E-state index contributed by atoms with van der Waals surface area (Å²) in [7, 11) is 1.65. The highest BCUT2D eigenvalue weighted by Crippen LogP contribution is 2.23. The van der Waals surface area contributed by atoms with Crippen molar-refractivity contribution in [2.24, 2.45) is 0 Å². The molecule has 0 fully saturated rings. The van der Waals surface area contributed by atoms with Crippen molar-refractivity contribution in [2.75, 3.05) is 32.7 Å². The van der Waals surface area contributed by atoms with E-state index in [1.807, 2.05) is 10.3 Å². The van der Waals surface area contributed by atoms with Gasteiger partial charge in [-0.25, -0.2) is 0 Å². The molecule has 98 valence electrons. The number of nitrogens with one attached hydrogen (secondary N) is 1. The Bertz CT molecular complexity index is 310. The van der Waals surface area contributed by atoms with Gasteiger partial charge in [0.05, 0.1) is 23.9 Å². The lowest BCUT2D eigenvalue weighted by atomic mass is 10.3. The Hall–Kier alpha value is -0.530. The van der Waals surface area contributed by atoms with Gasteiger partial charge in [-0.15, -0.1) is 28.7 Å². The van der Waals surface area contributed by atoms with E-state index in [2.05, 4.69) is 0 Å². The van der Waals surface area contributed by atoms with Crippen LogP contribution in [0.1, 0.15) is 6.92 Å². The zero-order chi connectivity index (χ0) is 12.0. The predicted molar refractivity (Wildman–Crippen MR) is 73.8 cm³/mol. The Morgan fingerprint density at radius 2 is 2.35 bits per heavy atom. The Balaban J connectivity index is 0.00000256. The van der Waals surface area contributed by atoms with Gasteiger partial charge in [-0.05, 0) is 5.41 Å². The van der Waals surface area contributed by atoms with Crippen LogP contribution in [0.3, 0.4) is 0 Å². The van der Waals surface area contributed by atoms with E-state index in [1.54, 1.807) is 18.9 Å². The van der Waals surface area contributed by atoms with Gasteiger partial charge in [0.1, 0.15) is 6.61 Å². The van der Waals surface area contributed by atoms with Gasteiger partial charge in [0.15, 0.2) is 0 Å². The van der Waals surface area contributed by atoms with Gasteiger partial charge in [0, 0.05) is 20.6 Å². The number of halogens is 1. The largest absolute Gasteiger partial charge is 0.459 e. The minimum atomic E-state index is -0.362. The third kappa shape index (κ3) is 5.56. The first-order valence-corrected chi connectivity index (χ1v) is 5.97. The zero-order valence-corrected chi connectivity index (χ0v) is 12.4. The molecule has 1 aliphatic rings. The number of ether oxygens (including phenoxy) is 2. The second kappa shape index (κ2) is 8.54. The summed E-state index contributed by atoms with van der Waals surface area (Å²) < 4.78 is 9.79. The van der Waals surface area contributed by atoms with Gasteiger partial charge in [-0.1, -0.05) is 0 Å². The molecule has 0 aliphatic carbocycles. The number of thioether (sulfide) groups is 1. The van der Waals surface area contributed by atoms with Crippen LogP contribution in [0, 0.1) is 5.41 Å². The van der Waals surface area contributed by atoms with Crippen molar-refractivity contribution in [2.45, 2.75) is 6.92 Å². The topological polar surface area (TPSA) is 62.6 Å². The summed E-state index contributed by atoms with van der Waals surface area (Å²) >= 11 is 1.63. The van der Waals surface area contributed by atoms with Gasteiger partial charge in [-0.3, -0.25) is 10.2 Å². The normalized spacial score (nSPS) is 14.0. The van der Waals surface area contributed by atoms with Gasteiger partial charge in [-0.2, -0.15) is 0 Å². The molecule has 0 saturated carbocycles. The molecule has 0 amide bonds. The van der Waals surface area contributed by atoms with Crippen LogP contribution < -0.4 is 0 Å². The van der Waals surface area contributed by atoms with E-state index in [1.165, 1.54) is 6.92 Å². The third-order valence-electron chi connectivity index (χ3n) is 2.06. The molecule has 0 unspecified atom stereocenters. The first-order valence-electron chi connectivity index (χ1n) is 4.92. The van der Waals surface area contributed by atoms with Crippen LogP contribution in [-0.2, 0) is 14.3 Å². The van der Waals surface area contributed by atoms with Crippen molar-refractivity contribution < 1.29 is 14.3 Å². The molecule has 0 spiro atoms. The van der Waals surface area contributed by atoms with E-state index in [-0.39, 0.29) is 29.6 Å². The lowest BCUT2D eigenvalue weighted by Crippen LogP contribution is -2.29. The van der Waals surface area contributed by atoms with Gasteiger partial charge in [0.2, 0.25) is 0 Å². The SMILES string of the molecule is Br.COCCN1CSC=C1C(=N)COC(C)=O. The minimum absolute atomic E-state index is 0. The molecular weight excluding hydrogens is 308 g/mol. The van der Waals surface area contributed by atoms with Crippen molar-refractivity contribution in [3.05, 3.63) is 11.1 Å². The summed E-state index contributed by atoms with van der Waals surface area (Å²) in [5.41, 5.74) is 1.15. The molecule has 7 heteroatoms. The van der Waals surface area contributed by atoms with Crippen LogP contribution in [0.4, 0.5) is 0 Å². The molecule has 1 aliphatic heterocycles. The fraction of sp³-hybridized carbons (Fsp3) is 0.600. The number of hydrogen-bond donors (Lipinski definition) is 1. The highest BCUT2D eigenvalue weighted by molar-refractivity contribution is 8.93. The van der Waals surface area contributed by atoms with Crippen LogP contribution in [0.15, 0.2) is 11.1 Å². The standard InChI is InChI=1S/C10H16N2O3S.BrH/c1-8(13)15-5-9(11)10-6-16-7-12(10)3-4-14-2;/h6,11H,3-5,7H2,1-2H3;1H. The van der Waals surface area contributed by atoms with Crippen molar-refractivity contribution in [3.63, 3.8) is 0 Å². The fourth-order valence-corrected chi connectivity index (χ4v) is 2.22. The monoisotopic (exact) mass is 324 g/mol. The summed E-state index contributed by atoms with van der Waals surface area (Å²) in [6, 6.07) is 0. The molecule has 0 aromatic rings. The fourth-order valence-electron chi connectivity index (χ4n) is 1.25. The summed E-state index contributed by atoms with van der Waals surface area (Å²) in [4.78, 5) is 12.7. The molecule has 0 aromatic carbocycles. The maximum absolute atomic E-state index is 10.6. The van der Waals surface area contributed by atoms with Crippen molar-refractivity contribution in [1.82, 2.24) is 4.90 Å². The van der Waals surface area contributed by atoms with Crippen molar-refractivity contribution in [3.8, 4) is 0 Å². The maximum atomic E-state index is 10.6. The highest BCUT2D eigenvalue weighted by Gasteiger charge is 2.19. The van der Waals surface area contributed by atoms with Crippen molar-refractivity contribution in [1.29, 1.82) is 5.41 Å². The summed E-state index contributed by atoms with van der Waals surface area (Å²) in [5, 5.41) is 9.72. The van der Waals surface area contributed by atoms with E-state index in [0.29, 0.717) is 12.3 Å². The van der Waals surface area contributed by atoms with Gasteiger partial charge in [0.25, 0.3) is 0 Å². The molecule has 0 radical (unpaired) electrons. The van der Waals surface area contributed by atoms with Crippen LogP contribution in [0.5, 0.6) is 0 Å². The Morgan fingerprint density at radius 1 is 1.65 bits per heavy atom. The molecule has 0 atom stereocenters. The van der Waals surface area contributed by atoms with Gasteiger partial charge < -0.3 is 14.4 Å². The number of rotatable bonds is 6. The lowest BCUT2D eigenvalue weighted by Gasteiger charge is -2.21. The first kappa shape index (κ1) is 16.5. The number of nitrogens with zero attached hydrogens (tertiary/aromatic N) is 1. The molecule has 1 N–H and O–H groups in total. The highest BCUT2D eigenvalue weighted by atomic mass is 79.9. The minimum Gasteiger partial charge on any atom is -0.459 e. The smallest absolute Gasteiger partial charge is 0.303 e. The molecule has 1 heterocycles. The quantitative estimate of drug-likeness (QED) is 0.594. The Morgan fingerprint density at radius 3 is 2.94 bits per heavy atom. The maximum Gasteiger partial charge on any atom is 0.303 e. The number of carbonyl (C=O) groups excluding carboxylic acids is 1. The molecule has 17 heavy (non-hydrogen) atoms. The average Bonchev–Trinajstić information content (AvgIpc) is 2.71. The number of hydrogen-bond acceptors (Lipinski definition) is 6. The number of methoxy groups -OCH3 is 1. The van der Waals surface area contributed by atoms with Gasteiger partial charge >= 0.3 is 5.97 Å². The first-order chi connectivity index (χ1) is 7.65. The number of carbonyl (C=O) groups is 1. The molecule has 0 saturated heterocycles. The molecule has 0 bridgehead atoms. The number of esters is 1. The van der Waals surface area contributed by atoms with E-state index in [9.17, 15) is 4.79 Å². The van der Waals surface area contributed by atoms with Crippen LogP contribution >= 0.6 is 28.7 Å². The lowest BCUT2D eigenvalue weighted by molar-refractivity contribution is -0.139. The second-order valence-electron chi connectivity index (χ2n) is 3.31. The summed E-state index contributed by atoms with van der Waals surface area (Å²) in [6.45, 7) is 2.75. The zero-order valence-electron chi connectivity index (χ0n) is 9.89. The van der Waals surface area contributed by atoms with Crippen molar-refractivity contribution >= 4 is 40.4 Å². The predicted octanol–water partition coefficient (Wildman–Crippen LogP) is 1.64. The molecule has 5 nitrogen and oxygen atoms in total. The summed E-state index contributed by atoms with van der Waals surface area (Å²) in [6.07, 6.45) is 0. The second-order valence-corrected chi connectivity index (χ2v) is 4.14.